The SMILES string of the molecule is COCCOc1ncccc1CN[C@@H]1C[C@H](C)Sc2ccccc21. The van der Waals surface area contributed by atoms with Crippen molar-refractivity contribution in [3.8, 4) is 5.88 Å². The Labute approximate surface area is 148 Å². The van der Waals surface area contributed by atoms with Gasteiger partial charge in [-0.2, -0.15) is 0 Å². The van der Waals surface area contributed by atoms with Crippen molar-refractivity contribution in [1.82, 2.24) is 10.3 Å². The van der Waals surface area contributed by atoms with Crippen LogP contribution in [0.5, 0.6) is 5.88 Å². The van der Waals surface area contributed by atoms with Gasteiger partial charge in [-0.05, 0) is 24.1 Å². The first-order valence-corrected chi connectivity index (χ1v) is 9.20. The average molecular weight is 344 g/mol. The Bertz CT molecular complexity index is 665. The molecule has 1 aromatic heterocycles. The smallest absolute Gasteiger partial charge is 0.217 e. The lowest BCUT2D eigenvalue weighted by Crippen LogP contribution is -2.27. The van der Waals surface area contributed by atoms with Crippen molar-refractivity contribution in [2.75, 3.05) is 20.3 Å². The number of hydrogen-bond donors (Lipinski definition) is 1. The molecule has 2 heterocycles. The van der Waals surface area contributed by atoms with Gasteiger partial charge in [-0.25, -0.2) is 4.98 Å². The third kappa shape index (κ3) is 4.29. The monoisotopic (exact) mass is 344 g/mol. The van der Waals surface area contributed by atoms with Crippen molar-refractivity contribution in [1.29, 1.82) is 0 Å². The predicted octanol–water partition coefficient (Wildman–Crippen LogP) is 3.82. The molecule has 4 nitrogen and oxygen atoms in total. The number of nitrogens with one attached hydrogen (secondary N) is 1. The molecule has 5 heteroatoms. The summed E-state index contributed by atoms with van der Waals surface area (Å²) in [6.45, 7) is 4.11. The van der Waals surface area contributed by atoms with Crippen molar-refractivity contribution < 1.29 is 9.47 Å². The van der Waals surface area contributed by atoms with Gasteiger partial charge in [-0.15, -0.1) is 11.8 Å². The van der Waals surface area contributed by atoms with Gasteiger partial charge in [0.15, 0.2) is 0 Å². The van der Waals surface area contributed by atoms with Crippen molar-refractivity contribution in [2.24, 2.45) is 0 Å². The number of ether oxygens (including phenoxy) is 2. The molecule has 0 spiro atoms. The van der Waals surface area contributed by atoms with E-state index in [0.717, 1.165) is 18.5 Å². The number of rotatable bonds is 7. The van der Waals surface area contributed by atoms with Gasteiger partial charge < -0.3 is 14.8 Å². The largest absolute Gasteiger partial charge is 0.475 e. The van der Waals surface area contributed by atoms with Gasteiger partial charge in [0.1, 0.15) is 6.61 Å². The van der Waals surface area contributed by atoms with Gasteiger partial charge in [-0.3, -0.25) is 0 Å². The van der Waals surface area contributed by atoms with Gasteiger partial charge in [0.2, 0.25) is 5.88 Å². The molecule has 2 atom stereocenters. The van der Waals surface area contributed by atoms with E-state index < -0.39 is 0 Å². The maximum absolute atomic E-state index is 5.73. The number of pyridine rings is 1. The number of methoxy groups -OCH3 is 1. The van der Waals surface area contributed by atoms with Gasteiger partial charge >= 0.3 is 0 Å². The van der Waals surface area contributed by atoms with Crippen LogP contribution in [0.2, 0.25) is 0 Å². The van der Waals surface area contributed by atoms with Crippen LogP contribution in [0, 0.1) is 0 Å². The number of hydrogen-bond acceptors (Lipinski definition) is 5. The first-order chi connectivity index (χ1) is 11.8. The van der Waals surface area contributed by atoms with E-state index in [1.807, 2.05) is 17.8 Å². The maximum atomic E-state index is 5.73. The summed E-state index contributed by atoms with van der Waals surface area (Å²) < 4.78 is 10.8. The number of thioether (sulfide) groups is 1. The number of benzene rings is 1. The molecule has 1 aliphatic heterocycles. The van der Waals surface area contributed by atoms with Crippen LogP contribution in [-0.4, -0.2) is 30.6 Å². The number of nitrogens with zero attached hydrogens (tertiary/aromatic N) is 1. The van der Waals surface area contributed by atoms with Crippen LogP contribution in [-0.2, 0) is 11.3 Å². The Hall–Kier alpha value is -1.56. The lowest BCUT2D eigenvalue weighted by Gasteiger charge is -2.30. The van der Waals surface area contributed by atoms with Gasteiger partial charge in [0.25, 0.3) is 0 Å². The molecule has 0 unspecified atom stereocenters. The fourth-order valence-electron chi connectivity index (χ4n) is 2.94. The normalized spacial score (nSPS) is 19.8. The third-order valence-electron chi connectivity index (χ3n) is 4.11. The molecule has 1 aromatic carbocycles. The summed E-state index contributed by atoms with van der Waals surface area (Å²) in [5, 5.41) is 4.31. The van der Waals surface area contributed by atoms with E-state index in [9.17, 15) is 0 Å². The Morgan fingerprint density at radius 1 is 1.21 bits per heavy atom. The number of fused-ring (bicyclic) bond motifs is 1. The summed E-state index contributed by atoms with van der Waals surface area (Å²) in [4.78, 5) is 5.74. The summed E-state index contributed by atoms with van der Waals surface area (Å²) in [7, 11) is 1.67. The fourth-order valence-corrected chi connectivity index (χ4v) is 4.16. The second-order valence-corrected chi connectivity index (χ2v) is 7.42. The molecule has 0 saturated heterocycles. The molecule has 128 valence electrons. The Morgan fingerprint density at radius 3 is 2.96 bits per heavy atom. The van der Waals surface area contributed by atoms with Gasteiger partial charge in [-0.1, -0.05) is 31.2 Å². The highest BCUT2D eigenvalue weighted by Crippen LogP contribution is 2.40. The van der Waals surface area contributed by atoms with Gasteiger partial charge in [0, 0.05) is 41.6 Å². The second kappa shape index (κ2) is 8.51. The number of aromatic nitrogens is 1. The highest BCUT2D eigenvalue weighted by atomic mass is 32.2. The van der Waals surface area contributed by atoms with E-state index in [-0.39, 0.29) is 0 Å². The molecule has 24 heavy (non-hydrogen) atoms. The molecule has 0 radical (unpaired) electrons. The fraction of sp³-hybridized carbons (Fsp3) is 0.421. The molecular weight excluding hydrogens is 320 g/mol. The first-order valence-electron chi connectivity index (χ1n) is 8.32. The van der Waals surface area contributed by atoms with Crippen LogP contribution in [0.15, 0.2) is 47.5 Å². The summed E-state index contributed by atoms with van der Waals surface area (Å²) >= 11 is 1.96. The van der Waals surface area contributed by atoms with Crippen molar-refractivity contribution in [2.45, 2.75) is 36.1 Å². The van der Waals surface area contributed by atoms with E-state index >= 15 is 0 Å². The summed E-state index contributed by atoms with van der Waals surface area (Å²) in [5.41, 5.74) is 2.48. The molecule has 0 fully saturated rings. The summed E-state index contributed by atoms with van der Waals surface area (Å²) in [5.74, 6) is 0.688. The summed E-state index contributed by atoms with van der Waals surface area (Å²) in [6.07, 6.45) is 2.89. The van der Waals surface area contributed by atoms with Crippen LogP contribution in [0.3, 0.4) is 0 Å². The zero-order valence-corrected chi connectivity index (χ0v) is 15.0. The quantitative estimate of drug-likeness (QED) is 0.774. The third-order valence-corrected chi connectivity index (χ3v) is 5.33. The zero-order chi connectivity index (χ0) is 16.8. The minimum atomic E-state index is 0.365. The van der Waals surface area contributed by atoms with Crippen LogP contribution in [0.4, 0.5) is 0 Å². The molecule has 1 N–H and O–H groups in total. The highest BCUT2D eigenvalue weighted by Gasteiger charge is 2.24. The highest BCUT2D eigenvalue weighted by molar-refractivity contribution is 8.00. The minimum absolute atomic E-state index is 0.365. The zero-order valence-electron chi connectivity index (χ0n) is 14.2. The Morgan fingerprint density at radius 2 is 2.08 bits per heavy atom. The van der Waals surface area contributed by atoms with E-state index in [1.165, 1.54) is 10.5 Å². The molecular formula is C19H24N2O2S. The summed E-state index contributed by atoms with van der Waals surface area (Å²) in [6, 6.07) is 13.1. The molecule has 0 bridgehead atoms. The maximum Gasteiger partial charge on any atom is 0.217 e. The van der Waals surface area contributed by atoms with Crippen molar-refractivity contribution in [3.63, 3.8) is 0 Å². The van der Waals surface area contributed by atoms with Crippen molar-refractivity contribution >= 4 is 11.8 Å². The molecule has 0 saturated carbocycles. The molecule has 2 aromatic rings. The predicted molar refractivity (Wildman–Crippen MR) is 97.6 cm³/mol. The van der Waals surface area contributed by atoms with Crippen LogP contribution < -0.4 is 10.1 Å². The Balaban J connectivity index is 1.68. The van der Waals surface area contributed by atoms with E-state index in [2.05, 4.69) is 47.6 Å². The van der Waals surface area contributed by atoms with Crippen LogP contribution >= 0.6 is 11.8 Å². The molecule has 1 aliphatic rings. The van der Waals surface area contributed by atoms with Gasteiger partial charge in [0.05, 0.1) is 6.61 Å². The van der Waals surface area contributed by atoms with E-state index in [4.69, 9.17) is 9.47 Å². The molecule has 0 amide bonds. The molecule has 0 aliphatic carbocycles. The van der Waals surface area contributed by atoms with Crippen LogP contribution in [0.1, 0.15) is 30.5 Å². The first kappa shape index (κ1) is 17.3. The second-order valence-electron chi connectivity index (χ2n) is 5.94. The van der Waals surface area contributed by atoms with Crippen LogP contribution in [0.25, 0.3) is 0 Å². The lowest BCUT2D eigenvalue weighted by molar-refractivity contribution is 0.143. The average Bonchev–Trinajstić information content (AvgIpc) is 2.60. The standard InChI is InChI=1S/C19H24N2O2S/c1-14-12-17(16-7-3-4-8-18(16)24-14)21-13-15-6-5-9-20-19(15)23-11-10-22-2/h3-9,14,17,21H,10-13H2,1-2H3/t14-,17+/m0/s1. The minimum Gasteiger partial charge on any atom is -0.475 e. The topological polar surface area (TPSA) is 43.4 Å². The van der Waals surface area contributed by atoms with E-state index in [1.54, 1.807) is 13.3 Å². The Kier molecular flexibility index (Phi) is 6.12. The van der Waals surface area contributed by atoms with E-state index in [0.29, 0.717) is 30.4 Å². The molecule has 3 rings (SSSR count). The lowest BCUT2D eigenvalue weighted by atomic mass is 10.0. The van der Waals surface area contributed by atoms with Crippen molar-refractivity contribution in [3.05, 3.63) is 53.7 Å².